The van der Waals surface area contributed by atoms with Crippen LogP contribution in [0.4, 0.5) is 0 Å². The fraction of sp³-hybridized carbons (Fsp3) is 0.647. The van der Waals surface area contributed by atoms with Gasteiger partial charge in [-0.05, 0) is 43.9 Å². The van der Waals surface area contributed by atoms with Gasteiger partial charge in [0.25, 0.3) is 0 Å². The summed E-state index contributed by atoms with van der Waals surface area (Å²) in [6.07, 6.45) is 5.04. The van der Waals surface area contributed by atoms with Crippen LogP contribution < -0.4 is 10.1 Å². The molecule has 0 saturated carbocycles. The van der Waals surface area contributed by atoms with E-state index in [9.17, 15) is 0 Å². The lowest BCUT2D eigenvalue weighted by Crippen LogP contribution is -2.28. The molecule has 0 radical (unpaired) electrons. The molecule has 0 amide bonds. The third kappa shape index (κ3) is 4.80. The summed E-state index contributed by atoms with van der Waals surface area (Å²) in [5.74, 6) is 0.974. The Morgan fingerprint density at radius 3 is 3.10 bits per heavy atom. The second kappa shape index (κ2) is 8.28. The Balaban J connectivity index is 1.81. The Morgan fingerprint density at radius 1 is 1.45 bits per heavy atom. The van der Waals surface area contributed by atoms with E-state index in [1.165, 1.54) is 24.8 Å². The van der Waals surface area contributed by atoms with Crippen LogP contribution in [0.2, 0.25) is 0 Å². The highest BCUT2D eigenvalue weighted by atomic mass is 16.5. The third-order valence-corrected chi connectivity index (χ3v) is 3.80. The minimum Gasteiger partial charge on any atom is -0.494 e. The van der Waals surface area contributed by atoms with Gasteiger partial charge in [-0.2, -0.15) is 0 Å². The first-order valence-corrected chi connectivity index (χ1v) is 7.87. The molecule has 3 heteroatoms. The molecular formula is C17H27NO2. The normalized spacial score (nSPS) is 20.0. The van der Waals surface area contributed by atoms with Crippen molar-refractivity contribution in [2.24, 2.45) is 0 Å². The first-order chi connectivity index (χ1) is 9.79. The summed E-state index contributed by atoms with van der Waals surface area (Å²) in [6.45, 7) is 7.03. The van der Waals surface area contributed by atoms with E-state index in [1.54, 1.807) is 0 Å². The summed E-state index contributed by atoms with van der Waals surface area (Å²) in [5, 5.41) is 3.55. The number of hydrogen-bond donors (Lipinski definition) is 1. The molecule has 20 heavy (non-hydrogen) atoms. The molecule has 1 heterocycles. The van der Waals surface area contributed by atoms with Crippen LogP contribution >= 0.6 is 0 Å². The molecule has 0 aromatic heterocycles. The van der Waals surface area contributed by atoms with E-state index >= 15 is 0 Å². The summed E-state index contributed by atoms with van der Waals surface area (Å²) in [5.41, 5.74) is 1.27. The zero-order chi connectivity index (χ0) is 14.2. The fourth-order valence-electron chi connectivity index (χ4n) is 2.44. The molecule has 1 aromatic rings. The monoisotopic (exact) mass is 277 g/mol. The predicted molar refractivity (Wildman–Crippen MR) is 82.2 cm³/mol. The average molecular weight is 277 g/mol. The zero-order valence-electron chi connectivity index (χ0n) is 12.7. The molecule has 0 spiro atoms. The number of benzene rings is 1. The van der Waals surface area contributed by atoms with Crippen molar-refractivity contribution in [3.8, 4) is 5.75 Å². The molecule has 1 saturated heterocycles. The van der Waals surface area contributed by atoms with Crippen molar-refractivity contribution in [3.05, 3.63) is 29.8 Å². The molecule has 0 bridgehead atoms. The van der Waals surface area contributed by atoms with Crippen LogP contribution in [0.1, 0.15) is 51.1 Å². The Morgan fingerprint density at radius 2 is 2.35 bits per heavy atom. The molecule has 2 atom stereocenters. The summed E-state index contributed by atoms with van der Waals surface area (Å²) in [4.78, 5) is 0. The molecule has 0 aliphatic carbocycles. The second-order valence-electron chi connectivity index (χ2n) is 5.54. The number of unbranched alkanes of at least 4 members (excludes halogenated alkanes) is 1. The Labute approximate surface area is 122 Å². The molecule has 1 fully saturated rings. The molecule has 2 unspecified atom stereocenters. The van der Waals surface area contributed by atoms with Gasteiger partial charge in [-0.3, -0.25) is 0 Å². The van der Waals surface area contributed by atoms with Crippen molar-refractivity contribution in [2.75, 3.05) is 19.8 Å². The highest BCUT2D eigenvalue weighted by Crippen LogP contribution is 2.20. The fourth-order valence-corrected chi connectivity index (χ4v) is 2.44. The van der Waals surface area contributed by atoms with Gasteiger partial charge in [-0.25, -0.2) is 0 Å². The van der Waals surface area contributed by atoms with Crippen LogP contribution in [0.3, 0.4) is 0 Å². The van der Waals surface area contributed by atoms with E-state index in [4.69, 9.17) is 9.47 Å². The molecular weight excluding hydrogens is 250 g/mol. The van der Waals surface area contributed by atoms with Crippen molar-refractivity contribution < 1.29 is 9.47 Å². The number of hydrogen-bond acceptors (Lipinski definition) is 3. The van der Waals surface area contributed by atoms with Gasteiger partial charge in [0, 0.05) is 19.2 Å². The molecule has 1 aliphatic heterocycles. The Kier molecular flexibility index (Phi) is 6.34. The lowest BCUT2D eigenvalue weighted by atomic mass is 10.1. The molecule has 1 N–H and O–H groups in total. The van der Waals surface area contributed by atoms with Gasteiger partial charge in [0.2, 0.25) is 0 Å². The molecule has 112 valence electrons. The highest BCUT2D eigenvalue weighted by molar-refractivity contribution is 5.30. The van der Waals surface area contributed by atoms with Crippen LogP contribution in [0.5, 0.6) is 5.75 Å². The largest absolute Gasteiger partial charge is 0.494 e. The van der Waals surface area contributed by atoms with E-state index < -0.39 is 0 Å². The average Bonchev–Trinajstić information content (AvgIpc) is 2.99. The topological polar surface area (TPSA) is 30.5 Å². The summed E-state index contributed by atoms with van der Waals surface area (Å²) in [6, 6.07) is 8.73. The van der Waals surface area contributed by atoms with Crippen molar-refractivity contribution in [1.29, 1.82) is 0 Å². The van der Waals surface area contributed by atoms with E-state index in [0.29, 0.717) is 12.1 Å². The standard InChI is InChI=1S/C17H27NO2/c1-3-4-10-19-16-8-5-7-15(12-16)14(2)18-13-17-9-6-11-20-17/h5,7-8,12,14,17-18H,3-4,6,9-11,13H2,1-2H3. The van der Waals surface area contributed by atoms with Crippen LogP contribution in [0.15, 0.2) is 24.3 Å². The highest BCUT2D eigenvalue weighted by Gasteiger charge is 2.16. The minimum absolute atomic E-state index is 0.328. The van der Waals surface area contributed by atoms with Crippen molar-refractivity contribution >= 4 is 0 Å². The lowest BCUT2D eigenvalue weighted by Gasteiger charge is -2.18. The maximum absolute atomic E-state index is 5.76. The number of nitrogens with one attached hydrogen (secondary N) is 1. The smallest absolute Gasteiger partial charge is 0.119 e. The van der Waals surface area contributed by atoms with Gasteiger partial charge in [-0.1, -0.05) is 25.5 Å². The van der Waals surface area contributed by atoms with E-state index in [1.807, 2.05) is 6.07 Å². The Bertz CT molecular complexity index is 388. The quantitative estimate of drug-likeness (QED) is 0.735. The summed E-state index contributed by atoms with van der Waals surface area (Å²) < 4.78 is 11.4. The first kappa shape index (κ1) is 15.3. The lowest BCUT2D eigenvalue weighted by molar-refractivity contribution is 0.108. The van der Waals surface area contributed by atoms with Crippen LogP contribution in [0, 0.1) is 0 Å². The van der Waals surface area contributed by atoms with Gasteiger partial charge in [0.1, 0.15) is 5.75 Å². The van der Waals surface area contributed by atoms with Crippen LogP contribution in [-0.2, 0) is 4.74 Å². The van der Waals surface area contributed by atoms with Gasteiger partial charge in [0.05, 0.1) is 12.7 Å². The molecule has 1 aliphatic rings. The van der Waals surface area contributed by atoms with Crippen molar-refractivity contribution in [3.63, 3.8) is 0 Å². The van der Waals surface area contributed by atoms with Gasteiger partial charge >= 0.3 is 0 Å². The molecule has 2 rings (SSSR count). The third-order valence-electron chi connectivity index (χ3n) is 3.80. The number of ether oxygens (including phenoxy) is 2. The summed E-state index contributed by atoms with van der Waals surface area (Å²) in [7, 11) is 0. The van der Waals surface area contributed by atoms with Crippen LogP contribution in [0.25, 0.3) is 0 Å². The maximum Gasteiger partial charge on any atom is 0.119 e. The van der Waals surface area contributed by atoms with Crippen molar-refractivity contribution in [2.45, 2.75) is 51.7 Å². The zero-order valence-corrected chi connectivity index (χ0v) is 12.7. The molecule has 1 aromatic carbocycles. The maximum atomic E-state index is 5.76. The molecule has 3 nitrogen and oxygen atoms in total. The van der Waals surface area contributed by atoms with Gasteiger partial charge < -0.3 is 14.8 Å². The van der Waals surface area contributed by atoms with E-state index in [-0.39, 0.29) is 0 Å². The van der Waals surface area contributed by atoms with Gasteiger partial charge in [0.15, 0.2) is 0 Å². The van der Waals surface area contributed by atoms with Crippen molar-refractivity contribution in [1.82, 2.24) is 5.32 Å². The Hall–Kier alpha value is -1.06. The second-order valence-corrected chi connectivity index (χ2v) is 5.54. The predicted octanol–water partition coefficient (Wildman–Crippen LogP) is 3.70. The number of rotatable bonds is 8. The summed E-state index contributed by atoms with van der Waals surface area (Å²) >= 11 is 0. The SMILES string of the molecule is CCCCOc1cccc(C(C)NCC2CCCO2)c1. The first-order valence-electron chi connectivity index (χ1n) is 7.87. The minimum atomic E-state index is 0.328. The van der Waals surface area contributed by atoms with E-state index in [0.717, 1.165) is 31.9 Å². The van der Waals surface area contributed by atoms with Crippen LogP contribution in [-0.4, -0.2) is 25.9 Å². The van der Waals surface area contributed by atoms with E-state index in [2.05, 4.69) is 37.4 Å². The van der Waals surface area contributed by atoms with Gasteiger partial charge in [-0.15, -0.1) is 0 Å².